The number of nitrogens with one attached hydrogen (secondary N) is 2. The number of pyridine rings is 1. The molecule has 1 saturated carbocycles. The van der Waals surface area contributed by atoms with Crippen molar-refractivity contribution in [1.82, 2.24) is 35.2 Å². The van der Waals surface area contributed by atoms with Crippen LogP contribution in [0.25, 0.3) is 22.0 Å². The molecule has 2 aromatic heterocycles. The number of nitrogens with zero attached hydrogens (tertiary/aromatic N) is 6. The molecule has 0 spiro atoms. The van der Waals surface area contributed by atoms with Crippen molar-refractivity contribution < 1.29 is 50.6 Å². The number of primary amides is 1. The van der Waals surface area contributed by atoms with Gasteiger partial charge in [-0.15, -0.1) is 0 Å². The lowest BCUT2D eigenvalue weighted by atomic mass is 9.77. The SMILES string of the molecule is CC1c2c(cc(F)c(Cl)c2-c2c(C(N)=O)cnc(OCCF)c2F)OC1(CNC1CCC(C(=O)N2CCC(N3CCC(c4c(F)cc5c(N6CCC(=O)NC6=O)nn(C)c5c4F)CC3)CC2)CC1)c1ccccc1. The molecular formula is C53H57ClF5N9O6. The Balaban J connectivity index is 0.758. The molecule has 5 aliphatic rings. The molecule has 5 aromatic rings. The highest BCUT2D eigenvalue weighted by Gasteiger charge is 2.50. The van der Waals surface area contributed by atoms with Gasteiger partial charge in [0.25, 0.3) is 11.8 Å². The van der Waals surface area contributed by atoms with E-state index in [1.807, 2.05) is 42.2 Å². The van der Waals surface area contributed by atoms with Crippen molar-refractivity contribution in [1.29, 1.82) is 0 Å². The summed E-state index contributed by atoms with van der Waals surface area (Å²) < 4.78 is 90.7. The van der Waals surface area contributed by atoms with Crippen LogP contribution >= 0.6 is 11.6 Å². The minimum atomic E-state index is -1.17. The number of nitrogens with two attached hydrogens (primary N) is 1. The van der Waals surface area contributed by atoms with Gasteiger partial charge in [-0.1, -0.05) is 48.9 Å². The molecule has 4 N–H and O–H groups in total. The third-order valence-corrected chi connectivity index (χ3v) is 16.4. The van der Waals surface area contributed by atoms with Crippen molar-refractivity contribution in [2.75, 3.05) is 57.4 Å². The maximum Gasteiger partial charge on any atom is 0.329 e. The van der Waals surface area contributed by atoms with E-state index in [1.165, 1.54) is 15.6 Å². The smallest absolute Gasteiger partial charge is 0.329 e. The van der Waals surface area contributed by atoms with E-state index >= 15 is 17.6 Å². The van der Waals surface area contributed by atoms with E-state index in [1.54, 1.807) is 7.05 Å². The Hall–Kier alpha value is -6.38. The van der Waals surface area contributed by atoms with Crippen LogP contribution in [0, 0.1) is 29.2 Å². The van der Waals surface area contributed by atoms with E-state index in [2.05, 4.69) is 25.6 Å². The fourth-order valence-corrected chi connectivity index (χ4v) is 12.4. The van der Waals surface area contributed by atoms with Gasteiger partial charge >= 0.3 is 6.03 Å². The quantitative estimate of drug-likeness (QED) is 0.0976. The maximum atomic E-state index is 16.4. The molecular weight excluding hydrogens is 989 g/mol. The zero-order valence-corrected chi connectivity index (χ0v) is 41.8. The lowest BCUT2D eigenvalue weighted by Crippen LogP contribution is -2.51. The van der Waals surface area contributed by atoms with Gasteiger partial charge in [0, 0.05) is 98.1 Å². The molecule has 15 nitrogen and oxygen atoms in total. The third-order valence-electron chi connectivity index (χ3n) is 16.0. The van der Waals surface area contributed by atoms with Gasteiger partial charge in [-0.2, -0.15) is 5.10 Å². The number of imide groups is 1. The maximum absolute atomic E-state index is 16.4. The van der Waals surface area contributed by atoms with Crippen molar-refractivity contribution in [3.63, 3.8) is 0 Å². The van der Waals surface area contributed by atoms with Crippen LogP contribution in [-0.2, 0) is 22.2 Å². The number of carbonyl (C=O) groups excluding carboxylic acids is 4. The molecule has 21 heteroatoms. The summed E-state index contributed by atoms with van der Waals surface area (Å²) in [4.78, 5) is 60.4. The number of hydrogen-bond donors (Lipinski definition) is 3. The predicted molar refractivity (Wildman–Crippen MR) is 265 cm³/mol. The van der Waals surface area contributed by atoms with E-state index in [9.17, 15) is 23.6 Å². The van der Waals surface area contributed by atoms with Crippen LogP contribution in [0.5, 0.6) is 11.6 Å². The van der Waals surface area contributed by atoms with Gasteiger partial charge in [-0.05, 0) is 82.0 Å². The third kappa shape index (κ3) is 9.20. The second-order valence-corrected chi connectivity index (χ2v) is 20.5. The summed E-state index contributed by atoms with van der Waals surface area (Å²) in [7, 11) is 1.55. The second kappa shape index (κ2) is 20.7. The number of anilines is 1. The van der Waals surface area contributed by atoms with Crippen LogP contribution in [0.2, 0.25) is 5.02 Å². The van der Waals surface area contributed by atoms with Gasteiger partial charge in [0.1, 0.15) is 36.2 Å². The zero-order valence-electron chi connectivity index (χ0n) is 41.0. The Labute approximate surface area is 428 Å². The lowest BCUT2D eigenvalue weighted by Gasteiger charge is -2.43. The molecule has 2 atom stereocenters. The van der Waals surface area contributed by atoms with Gasteiger partial charge in [0.15, 0.2) is 23.1 Å². The number of aryl methyl sites for hydroxylation is 1. The first kappa shape index (κ1) is 51.1. The van der Waals surface area contributed by atoms with Gasteiger partial charge < -0.3 is 30.3 Å². The molecule has 1 aliphatic carbocycles. The molecule has 392 valence electrons. The standard InChI is InChI=1S/C53H57ClF5N9O6/c1-28-40-38(25-37(57)44(54)43(40)42-35(48(60)70)26-61-50(46(42)59)73-23-17-55)74-53(28,31-6-4-3-5-7-31)27-62-32-10-8-30(9-11-32)51(71)67-20-14-33(15-21-67)66-18-12-29(13-19-66)41-36(56)24-34-47(45(41)58)65(2)64-49(34)68-22-16-39(69)63-52(68)72/h3-7,24-26,28-30,32-33,62H,8-23,27H2,1-2H3,(H2,60,70)(H,63,69,72). The lowest BCUT2D eigenvalue weighted by molar-refractivity contribution is -0.138. The number of fused-ring (bicyclic) bond motifs is 2. The average molecular weight is 1050 g/mol. The van der Waals surface area contributed by atoms with E-state index in [4.69, 9.17) is 26.8 Å². The number of carbonyl (C=O) groups is 4. The fourth-order valence-electron chi connectivity index (χ4n) is 12.2. The molecule has 3 saturated heterocycles. The largest absolute Gasteiger partial charge is 0.480 e. The molecule has 4 fully saturated rings. The highest BCUT2D eigenvalue weighted by molar-refractivity contribution is 6.34. The Morgan fingerprint density at radius 1 is 0.919 bits per heavy atom. The van der Waals surface area contributed by atoms with Gasteiger partial charge in [-0.3, -0.25) is 29.3 Å². The molecule has 6 heterocycles. The summed E-state index contributed by atoms with van der Waals surface area (Å²) in [6.07, 6.45) is 6.49. The molecule has 2 unspecified atom stereocenters. The molecule has 4 aliphatic heterocycles. The number of aromatic nitrogens is 3. The molecule has 74 heavy (non-hydrogen) atoms. The number of alkyl halides is 1. The Bertz CT molecular complexity index is 3020. The summed E-state index contributed by atoms with van der Waals surface area (Å²) >= 11 is 6.67. The van der Waals surface area contributed by atoms with Crippen LogP contribution < -0.4 is 30.7 Å². The first-order valence-corrected chi connectivity index (χ1v) is 25.6. The molecule has 5 amide bonds. The van der Waals surface area contributed by atoms with Crippen LogP contribution in [0.15, 0.2) is 48.7 Å². The highest BCUT2D eigenvalue weighted by atomic mass is 35.5. The predicted octanol–water partition coefficient (Wildman–Crippen LogP) is 8.15. The average Bonchev–Trinajstić information content (AvgIpc) is 3.88. The number of piperidine rings is 2. The highest BCUT2D eigenvalue weighted by Crippen LogP contribution is 2.56. The monoisotopic (exact) mass is 1050 g/mol. The van der Waals surface area contributed by atoms with Crippen molar-refractivity contribution in [3.05, 3.63) is 99.2 Å². The van der Waals surface area contributed by atoms with E-state index in [0.717, 1.165) is 30.7 Å². The van der Waals surface area contributed by atoms with Gasteiger partial charge in [0.05, 0.1) is 16.0 Å². The number of benzene rings is 3. The summed E-state index contributed by atoms with van der Waals surface area (Å²) in [6, 6.07) is 11.3. The first-order valence-electron chi connectivity index (χ1n) is 25.3. The van der Waals surface area contributed by atoms with Crippen LogP contribution in [0.1, 0.15) is 104 Å². The molecule has 0 bridgehead atoms. The van der Waals surface area contributed by atoms with Crippen LogP contribution in [0.4, 0.5) is 32.6 Å². The number of likely N-dealkylation sites (tertiary alicyclic amines) is 2. The summed E-state index contributed by atoms with van der Waals surface area (Å²) in [5.74, 6) is -6.32. The van der Waals surface area contributed by atoms with Crippen LogP contribution in [-0.4, -0.2) is 113 Å². The van der Waals surface area contributed by atoms with Crippen molar-refractivity contribution in [2.24, 2.45) is 18.7 Å². The number of amides is 5. The zero-order chi connectivity index (χ0) is 52.2. The molecule has 10 rings (SSSR count). The number of hydrogen-bond acceptors (Lipinski definition) is 10. The molecule has 0 radical (unpaired) electrons. The summed E-state index contributed by atoms with van der Waals surface area (Å²) in [6.45, 7) is 3.24. The van der Waals surface area contributed by atoms with Gasteiger partial charge in [-0.25, -0.2) is 31.7 Å². The Kier molecular flexibility index (Phi) is 14.3. The first-order chi connectivity index (χ1) is 35.6. The number of rotatable bonds is 13. The van der Waals surface area contributed by atoms with Crippen molar-refractivity contribution in [3.8, 4) is 22.8 Å². The topological polar surface area (TPSA) is 177 Å². The summed E-state index contributed by atoms with van der Waals surface area (Å²) in [5, 5.41) is 9.97. The van der Waals surface area contributed by atoms with Crippen LogP contribution in [0.3, 0.4) is 0 Å². The van der Waals surface area contributed by atoms with Crippen molar-refractivity contribution in [2.45, 2.75) is 94.2 Å². The Morgan fingerprint density at radius 2 is 1.64 bits per heavy atom. The Morgan fingerprint density at radius 3 is 2.31 bits per heavy atom. The minimum Gasteiger partial charge on any atom is -0.480 e. The number of urea groups is 1. The number of halogens is 6. The minimum absolute atomic E-state index is 0.00299. The fraction of sp³-hybridized carbons (Fsp3) is 0.472. The van der Waals surface area contributed by atoms with E-state index < -0.39 is 82.4 Å². The normalized spacial score (nSPS) is 23.0. The van der Waals surface area contributed by atoms with Crippen molar-refractivity contribution >= 4 is 52.1 Å². The molecule has 3 aromatic carbocycles. The number of ether oxygens (including phenoxy) is 2. The van der Waals surface area contributed by atoms with Gasteiger partial charge in [0.2, 0.25) is 11.8 Å². The second-order valence-electron chi connectivity index (χ2n) is 20.1. The van der Waals surface area contributed by atoms with E-state index in [0.29, 0.717) is 70.3 Å². The summed E-state index contributed by atoms with van der Waals surface area (Å²) in [5.41, 5.74) is 4.78. The van der Waals surface area contributed by atoms with E-state index in [-0.39, 0.29) is 88.5 Å².